The Labute approximate surface area is 182 Å². The fraction of sp³-hybridized carbons (Fsp3) is 0.714. The van der Waals surface area contributed by atoms with Crippen molar-refractivity contribution in [3.05, 3.63) is 18.0 Å². The number of carbonyl (C=O) groups is 1. The maximum absolute atomic E-state index is 12.1. The van der Waals surface area contributed by atoms with E-state index in [-0.39, 0.29) is 12.0 Å². The van der Waals surface area contributed by atoms with Crippen LogP contribution in [0.15, 0.2) is 12.1 Å². The maximum Gasteiger partial charge on any atom is 0.220 e. The molecule has 170 valence electrons. The van der Waals surface area contributed by atoms with Crippen LogP contribution in [-0.4, -0.2) is 77.1 Å². The normalized spacial score (nSPS) is 18.4. The second-order valence-corrected chi connectivity index (χ2v) is 8.30. The lowest BCUT2D eigenvalue weighted by atomic mass is 10.0. The molecule has 0 radical (unpaired) electrons. The van der Waals surface area contributed by atoms with Crippen LogP contribution < -0.4 is 10.2 Å². The molecule has 2 aromatic heterocycles. The van der Waals surface area contributed by atoms with E-state index in [1.165, 1.54) is 0 Å². The van der Waals surface area contributed by atoms with Crippen molar-refractivity contribution in [3.8, 4) is 0 Å². The molecule has 2 fully saturated rings. The van der Waals surface area contributed by atoms with E-state index >= 15 is 0 Å². The quantitative estimate of drug-likeness (QED) is 0.592. The number of nitrogens with zero attached hydrogens (tertiary/aromatic N) is 5. The molecule has 1 spiro atoms. The van der Waals surface area contributed by atoms with Gasteiger partial charge in [0.1, 0.15) is 5.82 Å². The molecule has 2 saturated heterocycles. The number of piperidine rings is 1. The Morgan fingerprint density at radius 3 is 2.74 bits per heavy atom. The number of carbonyl (C=O) groups excluding carboxylic acids is 1. The summed E-state index contributed by atoms with van der Waals surface area (Å²) < 4.78 is 18.8. The summed E-state index contributed by atoms with van der Waals surface area (Å²) in [5.74, 6) is 1.15. The third-order valence-electron chi connectivity index (χ3n) is 5.65. The summed E-state index contributed by atoms with van der Waals surface area (Å²) in [7, 11) is 0. The largest absolute Gasteiger partial charge is 0.379 e. The van der Waals surface area contributed by atoms with Crippen molar-refractivity contribution in [2.45, 2.75) is 57.8 Å². The van der Waals surface area contributed by atoms with E-state index in [0.29, 0.717) is 50.7 Å². The van der Waals surface area contributed by atoms with E-state index in [4.69, 9.17) is 19.3 Å². The van der Waals surface area contributed by atoms with Gasteiger partial charge in [-0.1, -0.05) is 0 Å². The van der Waals surface area contributed by atoms with Crippen LogP contribution in [0.1, 0.15) is 45.4 Å². The molecular weight excluding hydrogens is 400 g/mol. The van der Waals surface area contributed by atoms with Crippen LogP contribution in [-0.2, 0) is 25.4 Å². The molecule has 10 nitrogen and oxygen atoms in total. The van der Waals surface area contributed by atoms with Crippen molar-refractivity contribution in [1.82, 2.24) is 25.1 Å². The number of aromatic nitrogens is 4. The third-order valence-corrected chi connectivity index (χ3v) is 5.65. The summed E-state index contributed by atoms with van der Waals surface area (Å²) in [5.41, 5.74) is 0.681. The number of nitrogens with one attached hydrogen (secondary N) is 1. The fourth-order valence-electron chi connectivity index (χ4n) is 3.94. The minimum Gasteiger partial charge on any atom is -0.379 e. The minimum absolute atomic E-state index is 0.00431. The molecule has 4 heterocycles. The van der Waals surface area contributed by atoms with Gasteiger partial charge < -0.3 is 24.4 Å². The molecular formula is C21H32N6O4. The first-order valence-electron chi connectivity index (χ1n) is 11.2. The molecule has 31 heavy (non-hydrogen) atoms. The molecule has 1 N–H and O–H groups in total. The highest BCUT2D eigenvalue weighted by Crippen LogP contribution is 2.32. The molecule has 1 amide bonds. The molecule has 0 aliphatic carbocycles. The Balaban J connectivity index is 1.30. The smallest absolute Gasteiger partial charge is 0.220 e. The number of ether oxygens (including phenoxy) is 3. The van der Waals surface area contributed by atoms with E-state index in [0.717, 1.165) is 38.2 Å². The molecule has 0 aromatic carbocycles. The summed E-state index contributed by atoms with van der Waals surface area (Å²) in [6.07, 6.45) is 3.49. The molecule has 10 heteroatoms. The summed E-state index contributed by atoms with van der Waals surface area (Å²) in [6, 6.07) is 3.88. The van der Waals surface area contributed by atoms with Crippen molar-refractivity contribution in [3.63, 3.8) is 0 Å². The monoisotopic (exact) mass is 432 g/mol. The van der Waals surface area contributed by atoms with Gasteiger partial charge in [0.2, 0.25) is 5.91 Å². The van der Waals surface area contributed by atoms with Gasteiger partial charge in [0.25, 0.3) is 0 Å². The Morgan fingerprint density at radius 1 is 1.23 bits per heavy atom. The Bertz CT molecular complexity index is 870. The van der Waals surface area contributed by atoms with Crippen molar-refractivity contribution < 1.29 is 19.0 Å². The van der Waals surface area contributed by atoms with Crippen molar-refractivity contribution in [2.75, 3.05) is 44.4 Å². The zero-order valence-corrected chi connectivity index (χ0v) is 18.4. The lowest BCUT2D eigenvalue weighted by Gasteiger charge is -2.38. The molecule has 2 aliphatic heterocycles. The Kier molecular flexibility index (Phi) is 6.99. The standard InChI is InChI=1S/C21H32N6O4/c1-16(2)29-13-3-10-22-20(28)7-6-18-24-23-17-4-5-19(25-27(17)18)26-11-8-21(9-12-26)30-14-15-31-21/h4-5,16H,3,6-15H2,1-2H3,(H,22,28). The molecule has 2 aliphatic rings. The highest BCUT2D eigenvalue weighted by molar-refractivity contribution is 5.76. The highest BCUT2D eigenvalue weighted by atomic mass is 16.7. The van der Waals surface area contributed by atoms with Gasteiger partial charge in [-0.2, -0.15) is 4.52 Å². The predicted molar refractivity (Wildman–Crippen MR) is 114 cm³/mol. The van der Waals surface area contributed by atoms with Gasteiger partial charge in [0.05, 0.1) is 19.3 Å². The molecule has 0 atom stereocenters. The predicted octanol–water partition coefficient (Wildman–Crippen LogP) is 1.33. The van der Waals surface area contributed by atoms with Crippen LogP contribution in [0.3, 0.4) is 0 Å². The first-order chi connectivity index (χ1) is 15.0. The summed E-state index contributed by atoms with van der Waals surface area (Å²) >= 11 is 0. The van der Waals surface area contributed by atoms with Gasteiger partial charge in [-0.05, 0) is 32.4 Å². The molecule has 0 bridgehead atoms. The molecule has 4 rings (SSSR count). The summed E-state index contributed by atoms with van der Waals surface area (Å²) in [4.78, 5) is 14.4. The van der Waals surface area contributed by atoms with Crippen molar-refractivity contribution in [1.29, 1.82) is 0 Å². The fourth-order valence-corrected chi connectivity index (χ4v) is 3.94. The second kappa shape index (κ2) is 9.88. The van der Waals surface area contributed by atoms with Gasteiger partial charge in [0.15, 0.2) is 17.3 Å². The average Bonchev–Trinajstić information content (AvgIpc) is 3.39. The summed E-state index contributed by atoms with van der Waals surface area (Å²) in [6.45, 7) is 8.24. The molecule has 0 saturated carbocycles. The van der Waals surface area contributed by atoms with Crippen LogP contribution in [0.5, 0.6) is 0 Å². The highest BCUT2D eigenvalue weighted by Gasteiger charge is 2.40. The van der Waals surface area contributed by atoms with Crippen molar-refractivity contribution in [2.24, 2.45) is 0 Å². The number of hydrogen-bond acceptors (Lipinski definition) is 8. The number of hydrogen-bond donors (Lipinski definition) is 1. The number of anilines is 1. The van der Waals surface area contributed by atoms with Crippen LogP contribution in [0.4, 0.5) is 5.82 Å². The number of amides is 1. The first kappa shape index (κ1) is 21.9. The van der Waals surface area contributed by atoms with Crippen LogP contribution in [0, 0.1) is 0 Å². The zero-order chi connectivity index (χ0) is 21.7. The lowest BCUT2D eigenvalue weighted by molar-refractivity contribution is -0.169. The van der Waals surface area contributed by atoms with E-state index in [9.17, 15) is 4.79 Å². The van der Waals surface area contributed by atoms with E-state index in [2.05, 4.69) is 20.4 Å². The minimum atomic E-state index is -0.406. The zero-order valence-electron chi connectivity index (χ0n) is 18.4. The van der Waals surface area contributed by atoms with Gasteiger partial charge in [-0.15, -0.1) is 15.3 Å². The van der Waals surface area contributed by atoms with Crippen LogP contribution in [0.25, 0.3) is 5.65 Å². The van der Waals surface area contributed by atoms with Gasteiger partial charge in [-0.3, -0.25) is 4.79 Å². The molecule has 2 aromatic rings. The molecule has 0 unspecified atom stereocenters. The maximum atomic E-state index is 12.1. The Hall–Kier alpha value is -2.30. The van der Waals surface area contributed by atoms with Gasteiger partial charge in [0, 0.05) is 51.9 Å². The van der Waals surface area contributed by atoms with E-state index in [1.807, 2.05) is 26.0 Å². The van der Waals surface area contributed by atoms with E-state index in [1.54, 1.807) is 4.52 Å². The average molecular weight is 433 g/mol. The second-order valence-electron chi connectivity index (χ2n) is 8.30. The number of fused-ring (bicyclic) bond motifs is 1. The van der Waals surface area contributed by atoms with Gasteiger partial charge in [-0.25, -0.2) is 0 Å². The SMILES string of the molecule is CC(C)OCCCNC(=O)CCc1nnc2ccc(N3CCC4(CC3)OCCO4)nn12. The number of rotatable bonds is 9. The summed E-state index contributed by atoms with van der Waals surface area (Å²) in [5, 5.41) is 16.1. The topological polar surface area (TPSA) is 103 Å². The van der Waals surface area contributed by atoms with Crippen molar-refractivity contribution >= 4 is 17.4 Å². The van der Waals surface area contributed by atoms with Crippen LogP contribution >= 0.6 is 0 Å². The third kappa shape index (κ3) is 5.50. The lowest BCUT2D eigenvalue weighted by Crippen LogP contribution is -2.45. The first-order valence-corrected chi connectivity index (χ1v) is 11.2. The van der Waals surface area contributed by atoms with Gasteiger partial charge >= 0.3 is 0 Å². The van der Waals surface area contributed by atoms with E-state index < -0.39 is 5.79 Å². The van der Waals surface area contributed by atoms with Crippen LogP contribution in [0.2, 0.25) is 0 Å². The number of aryl methyl sites for hydroxylation is 1. The Morgan fingerprint density at radius 2 is 2.00 bits per heavy atom.